The fraction of sp³-hybridized carbons (Fsp3) is 0.229. The van der Waals surface area contributed by atoms with Gasteiger partial charge in [0, 0.05) is 48.9 Å². The van der Waals surface area contributed by atoms with Gasteiger partial charge in [0.1, 0.15) is 0 Å². The Morgan fingerprint density at radius 2 is 1.38 bits per heavy atom. The second kappa shape index (κ2) is 12.6. The summed E-state index contributed by atoms with van der Waals surface area (Å²) in [6, 6.07) is 35.2. The summed E-state index contributed by atoms with van der Waals surface area (Å²) in [5.41, 5.74) is 5.77. The number of carbonyl (C=O) groups excluding carboxylic acids is 1. The zero-order valence-corrected chi connectivity index (χ0v) is 23.3. The Kier molecular flexibility index (Phi) is 8.50. The van der Waals surface area contributed by atoms with Crippen LogP contribution in [0.4, 0.5) is 0 Å². The molecule has 0 aliphatic heterocycles. The van der Waals surface area contributed by atoms with Crippen molar-refractivity contribution in [3.8, 4) is 11.5 Å². The van der Waals surface area contributed by atoms with E-state index in [1.807, 2.05) is 49.5 Å². The zero-order chi connectivity index (χ0) is 27.9. The monoisotopic (exact) mass is 532 g/mol. The van der Waals surface area contributed by atoms with Crippen molar-refractivity contribution in [1.29, 1.82) is 0 Å². The Hall–Kier alpha value is -4.51. The number of nitrogens with one attached hydrogen (secondary N) is 1. The molecule has 1 unspecified atom stereocenters. The highest BCUT2D eigenvalue weighted by Gasteiger charge is 2.24. The van der Waals surface area contributed by atoms with Crippen molar-refractivity contribution < 1.29 is 14.3 Å². The number of fused-ring (bicyclic) bond motifs is 1. The normalized spacial score (nSPS) is 11.9. The van der Waals surface area contributed by atoms with Gasteiger partial charge in [-0.15, -0.1) is 0 Å². The van der Waals surface area contributed by atoms with Gasteiger partial charge in [-0.25, -0.2) is 0 Å². The molecular formula is C35H36N2O3. The first kappa shape index (κ1) is 27.1. The largest absolute Gasteiger partial charge is 0.493 e. The van der Waals surface area contributed by atoms with Gasteiger partial charge in [-0.05, 0) is 46.9 Å². The lowest BCUT2D eigenvalue weighted by Crippen LogP contribution is -2.27. The predicted molar refractivity (Wildman–Crippen MR) is 161 cm³/mol. The minimum absolute atomic E-state index is 0.0209. The standard InChI is InChI=1S/C35H36N2O3/c1-37-24-31(29-16-10-11-17-32(29)37)30(27-18-19-33(39-2)34(22-27)40-3)23-35(38)36-21-20-28(25-12-6-4-7-13-25)26-14-8-5-9-15-26/h4-19,22,24,28,30H,20-21,23H2,1-3H3,(H,36,38). The molecule has 1 heterocycles. The van der Waals surface area contributed by atoms with E-state index in [0.717, 1.165) is 28.5 Å². The Morgan fingerprint density at radius 1 is 0.750 bits per heavy atom. The summed E-state index contributed by atoms with van der Waals surface area (Å²) in [5, 5.41) is 4.37. The Labute approximate surface area is 236 Å². The number of para-hydroxylation sites is 1. The third kappa shape index (κ3) is 5.89. The van der Waals surface area contributed by atoms with Crippen LogP contribution in [-0.2, 0) is 11.8 Å². The van der Waals surface area contributed by atoms with Gasteiger partial charge in [0.25, 0.3) is 0 Å². The minimum atomic E-state index is -0.148. The van der Waals surface area contributed by atoms with Crippen LogP contribution in [0.5, 0.6) is 11.5 Å². The number of carbonyl (C=O) groups is 1. The van der Waals surface area contributed by atoms with Gasteiger partial charge in [0.2, 0.25) is 5.91 Å². The first-order valence-corrected chi connectivity index (χ1v) is 13.7. The molecule has 1 N–H and O–H groups in total. The van der Waals surface area contributed by atoms with E-state index in [1.54, 1.807) is 14.2 Å². The lowest BCUT2D eigenvalue weighted by molar-refractivity contribution is -0.121. The number of nitrogens with zero attached hydrogens (tertiary/aromatic N) is 1. The van der Waals surface area contributed by atoms with Gasteiger partial charge < -0.3 is 19.4 Å². The van der Waals surface area contributed by atoms with Crippen molar-refractivity contribution in [3.05, 3.63) is 132 Å². The van der Waals surface area contributed by atoms with Gasteiger partial charge in [0.05, 0.1) is 14.2 Å². The minimum Gasteiger partial charge on any atom is -0.493 e. The number of hydrogen-bond acceptors (Lipinski definition) is 3. The van der Waals surface area contributed by atoms with Gasteiger partial charge >= 0.3 is 0 Å². The second-order valence-corrected chi connectivity index (χ2v) is 10.1. The predicted octanol–water partition coefficient (Wildman–Crippen LogP) is 7.06. The van der Waals surface area contributed by atoms with E-state index in [0.29, 0.717) is 24.5 Å². The van der Waals surface area contributed by atoms with E-state index < -0.39 is 0 Å². The van der Waals surface area contributed by atoms with Crippen molar-refractivity contribution in [2.24, 2.45) is 7.05 Å². The SMILES string of the molecule is COc1ccc(C(CC(=O)NCCC(c2ccccc2)c2ccccc2)c2cn(C)c3ccccc23)cc1OC. The average molecular weight is 533 g/mol. The lowest BCUT2D eigenvalue weighted by atomic mass is 9.87. The van der Waals surface area contributed by atoms with Gasteiger partial charge in [-0.2, -0.15) is 0 Å². The summed E-state index contributed by atoms with van der Waals surface area (Å²) in [7, 11) is 5.31. The number of methoxy groups -OCH3 is 2. The van der Waals surface area contributed by atoms with Gasteiger partial charge in [-0.3, -0.25) is 4.79 Å². The average Bonchev–Trinajstić information content (AvgIpc) is 3.34. The highest BCUT2D eigenvalue weighted by Crippen LogP contribution is 2.38. The van der Waals surface area contributed by atoms with Crippen molar-refractivity contribution in [3.63, 3.8) is 0 Å². The molecule has 5 nitrogen and oxygen atoms in total. The number of benzene rings is 4. The molecule has 5 rings (SSSR count). The topological polar surface area (TPSA) is 52.5 Å². The molecule has 0 spiro atoms. The number of aromatic nitrogens is 1. The number of aryl methyl sites for hydroxylation is 1. The molecule has 40 heavy (non-hydrogen) atoms. The molecule has 5 aromatic rings. The molecular weight excluding hydrogens is 496 g/mol. The third-order valence-electron chi connectivity index (χ3n) is 7.66. The molecule has 0 fully saturated rings. The molecule has 1 amide bonds. The van der Waals surface area contributed by atoms with Gasteiger partial charge in [-0.1, -0.05) is 84.9 Å². The Morgan fingerprint density at radius 3 is 2.02 bits per heavy atom. The molecule has 4 aromatic carbocycles. The van der Waals surface area contributed by atoms with E-state index >= 15 is 0 Å². The summed E-state index contributed by atoms with van der Waals surface area (Å²) in [6.45, 7) is 0.585. The molecule has 1 atom stereocenters. The van der Waals surface area contributed by atoms with Crippen molar-refractivity contribution in [2.75, 3.05) is 20.8 Å². The van der Waals surface area contributed by atoms with E-state index in [1.165, 1.54) is 11.1 Å². The number of amides is 1. The van der Waals surface area contributed by atoms with Crippen molar-refractivity contribution in [2.45, 2.75) is 24.7 Å². The molecule has 0 saturated carbocycles. The van der Waals surface area contributed by atoms with E-state index in [-0.39, 0.29) is 17.7 Å². The fourth-order valence-electron chi connectivity index (χ4n) is 5.64. The van der Waals surface area contributed by atoms with E-state index in [2.05, 4.69) is 76.7 Å². The molecule has 5 heteroatoms. The molecule has 204 valence electrons. The second-order valence-electron chi connectivity index (χ2n) is 10.1. The van der Waals surface area contributed by atoms with Crippen LogP contribution in [0.3, 0.4) is 0 Å². The highest BCUT2D eigenvalue weighted by molar-refractivity contribution is 5.86. The van der Waals surface area contributed by atoms with E-state index in [9.17, 15) is 4.79 Å². The maximum absolute atomic E-state index is 13.5. The summed E-state index contributed by atoms with van der Waals surface area (Å²) >= 11 is 0. The van der Waals surface area contributed by atoms with Crippen LogP contribution >= 0.6 is 0 Å². The summed E-state index contributed by atoms with van der Waals surface area (Å²) in [4.78, 5) is 13.5. The maximum atomic E-state index is 13.5. The first-order chi connectivity index (χ1) is 19.6. The summed E-state index contributed by atoms with van der Waals surface area (Å²) < 4.78 is 13.2. The molecule has 0 aliphatic carbocycles. The lowest BCUT2D eigenvalue weighted by Gasteiger charge is -2.21. The highest BCUT2D eigenvalue weighted by atomic mass is 16.5. The zero-order valence-electron chi connectivity index (χ0n) is 23.3. The van der Waals surface area contributed by atoms with Crippen LogP contribution in [0.1, 0.15) is 46.9 Å². The molecule has 0 aliphatic rings. The van der Waals surface area contributed by atoms with Crippen LogP contribution in [0, 0.1) is 0 Å². The quantitative estimate of drug-likeness (QED) is 0.198. The number of ether oxygens (including phenoxy) is 2. The van der Waals surface area contributed by atoms with Crippen LogP contribution in [0.2, 0.25) is 0 Å². The van der Waals surface area contributed by atoms with Crippen LogP contribution in [0.25, 0.3) is 10.9 Å². The van der Waals surface area contributed by atoms with Crippen LogP contribution in [-0.4, -0.2) is 31.2 Å². The molecule has 0 radical (unpaired) electrons. The molecule has 0 saturated heterocycles. The Bertz CT molecular complexity index is 1520. The summed E-state index contributed by atoms with van der Waals surface area (Å²) in [5.74, 6) is 1.40. The number of rotatable bonds is 11. The van der Waals surface area contributed by atoms with Gasteiger partial charge in [0.15, 0.2) is 11.5 Å². The smallest absolute Gasteiger partial charge is 0.220 e. The van der Waals surface area contributed by atoms with E-state index in [4.69, 9.17) is 9.47 Å². The molecule has 1 aromatic heterocycles. The Balaban J connectivity index is 1.38. The van der Waals surface area contributed by atoms with Crippen LogP contribution in [0.15, 0.2) is 109 Å². The van der Waals surface area contributed by atoms with Crippen molar-refractivity contribution >= 4 is 16.8 Å². The fourth-order valence-corrected chi connectivity index (χ4v) is 5.64. The maximum Gasteiger partial charge on any atom is 0.220 e. The summed E-state index contributed by atoms with van der Waals surface area (Å²) in [6.07, 6.45) is 3.28. The van der Waals surface area contributed by atoms with Crippen molar-refractivity contribution in [1.82, 2.24) is 9.88 Å². The molecule has 0 bridgehead atoms. The third-order valence-corrected chi connectivity index (χ3v) is 7.66. The van der Waals surface area contributed by atoms with Crippen LogP contribution < -0.4 is 14.8 Å². The first-order valence-electron chi connectivity index (χ1n) is 13.7. The number of hydrogen-bond donors (Lipinski definition) is 1.